The summed E-state index contributed by atoms with van der Waals surface area (Å²) >= 11 is 1.60. The summed E-state index contributed by atoms with van der Waals surface area (Å²) < 4.78 is 11.4. The second-order valence-electron chi connectivity index (χ2n) is 4.11. The highest BCUT2D eigenvalue weighted by Crippen LogP contribution is 2.33. The number of rotatable bonds is 4. The van der Waals surface area contributed by atoms with E-state index in [0.717, 1.165) is 10.3 Å². The van der Waals surface area contributed by atoms with Crippen LogP contribution in [0.4, 0.5) is 0 Å². The van der Waals surface area contributed by atoms with Crippen LogP contribution in [-0.4, -0.2) is 11.0 Å². The standard InChI is InChI=1S/C14H12N2O3S/c15-14(16-17)13-12(18-8-9-4-3-7-20-9)10-5-1-2-6-11(10)19-13/h1-7,17H,8H2,(H2,15,16). The molecule has 0 spiro atoms. The number of ether oxygens (including phenoxy) is 1. The molecule has 0 saturated heterocycles. The zero-order chi connectivity index (χ0) is 13.9. The summed E-state index contributed by atoms with van der Waals surface area (Å²) in [6.07, 6.45) is 0. The molecule has 3 N–H and O–H groups in total. The van der Waals surface area contributed by atoms with Crippen molar-refractivity contribution in [3.05, 3.63) is 52.4 Å². The number of benzene rings is 1. The van der Waals surface area contributed by atoms with Gasteiger partial charge in [-0.3, -0.25) is 0 Å². The number of oxime groups is 1. The first-order chi connectivity index (χ1) is 9.79. The fourth-order valence-corrected chi connectivity index (χ4v) is 2.53. The van der Waals surface area contributed by atoms with Crippen LogP contribution in [0.25, 0.3) is 11.0 Å². The average molecular weight is 288 g/mol. The van der Waals surface area contributed by atoms with Crippen LogP contribution in [0.5, 0.6) is 5.75 Å². The number of para-hydroxylation sites is 1. The first-order valence-electron chi connectivity index (χ1n) is 5.94. The number of thiophene rings is 1. The van der Waals surface area contributed by atoms with E-state index in [-0.39, 0.29) is 11.6 Å². The minimum Gasteiger partial charge on any atom is -0.483 e. The van der Waals surface area contributed by atoms with E-state index < -0.39 is 0 Å². The van der Waals surface area contributed by atoms with Crippen molar-refractivity contribution in [3.8, 4) is 5.75 Å². The molecule has 1 aromatic carbocycles. The van der Waals surface area contributed by atoms with Crippen LogP contribution >= 0.6 is 11.3 Å². The molecular formula is C14H12N2O3S. The minimum atomic E-state index is -0.109. The van der Waals surface area contributed by atoms with Crippen LogP contribution in [0, 0.1) is 0 Å². The zero-order valence-electron chi connectivity index (χ0n) is 10.4. The Kier molecular flexibility index (Phi) is 3.30. The van der Waals surface area contributed by atoms with Gasteiger partial charge in [-0.1, -0.05) is 23.4 Å². The Bertz CT molecular complexity index is 747. The van der Waals surface area contributed by atoms with Crippen LogP contribution in [-0.2, 0) is 6.61 Å². The number of amidine groups is 1. The molecule has 0 atom stereocenters. The number of furan rings is 1. The van der Waals surface area contributed by atoms with Crippen LogP contribution in [0.1, 0.15) is 10.6 Å². The van der Waals surface area contributed by atoms with Gasteiger partial charge < -0.3 is 20.1 Å². The smallest absolute Gasteiger partial charge is 0.215 e. The third kappa shape index (κ3) is 2.21. The molecule has 2 aromatic heterocycles. The normalized spacial score (nSPS) is 11.9. The highest BCUT2D eigenvalue weighted by atomic mass is 32.1. The molecule has 0 radical (unpaired) electrons. The number of hydrogen-bond acceptors (Lipinski definition) is 5. The van der Waals surface area contributed by atoms with Crippen LogP contribution in [0.2, 0.25) is 0 Å². The summed E-state index contributed by atoms with van der Waals surface area (Å²) in [4.78, 5) is 1.08. The van der Waals surface area contributed by atoms with Gasteiger partial charge >= 0.3 is 0 Å². The monoisotopic (exact) mass is 288 g/mol. The Morgan fingerprint density at radius 2 is 2.15 bits per heavy atom. The number of fused-ring (bicyclic) bond motifs is 1. The highest BCUT2D eigenvalue weighted by molar-refractivity contribution is 7.09. The fourth-order valence-electron chi connectivity index (χ4n) is 1.92. The summed E-state index contributed by atoms with van der Waals surface area (Å²) in [5.41, 5.74) is 6.27. The van der Waals surface area contributed by atoms with Gasteiger partial charge in [0.1, 0.15) is 12.2 Å². The summed E-state index contributed by atoms with van der Waals surface area (Å²) in [7, 11) is 0. The second kappa shape index (κ2) is 5.26. The van der Waals surface area contributed by atoms with Crippen LogP contribution in [0.15, 0.2) is 51.4 Å². The van der Waals surface area contributed by atoms with Crippen molar-refractivity contribution in [2.75, 3.05) is 0 Å². The Labute approximate surface area is 118 Å². The molecule has 5 nitrogen and oxygen atoms in total. The SMILES string of the molecule is N/C(=N/O)c1oc2ccccc2c1OCc1cccs1. The van der Waals surface area contributed by atoms with Crippen molar-refractivity contribution in [2.45, 2.75) is 6.61 Å². The lowest BCUT2D eigenvalue weighted by Gasteiger charge is -2.04. The minimum absolute atomic E-state index is 0.109. The van der Waals surface area contributed by atoms with Gasteiger partial charge in [0.2, 0.25) is 11.6 Å². The maximum absolute atomic E-state index is 8.84. The summed E-state index contributed by atoms with van der Waals surface area (Å²) in [5, 5.41) is 14.6. The van der Waals surface area contributed by atoms with Gasteiger partial charge in [0.25, 0.3) is 0 Å². The first-order valence-corrected chi connectivity index (χ1v) is 6.82. The van der Waals surface area contributed by atoms with Crippen molar-refractivity contribution in [3.63, 3.8) is 0 Å². The number of nitrogens with zero attached hydrogens (tertiary/aromatic N) is 1. The topological polar surface area (TPSA) is 81.0 Å². The molecule has 0 bridgehead atoms. The van der Waals surface area contributed by atoms with Gasteiger partial charge in [0, 0.05) is 4.88 Å². The molecule has 0 amide bonds. The molecule has 3 rings (SSSR count). The molecule has 6 heteroatoms. The predicted molar refractivity (Wildman–Crippen MR) is 77.4 cm³/mol. The van der Waals surface area contributed by atoms with E-state index in [4.69, 9.17) is 20.1 Å². The second-order valence-corrected chi connectivity index (χ2v) is 5.14. The molecule has 0 fully saturated rings. The van der Waals surface area contributed by atoms with E-state index in [1.807, 2.05) is 41.8 Å². The Morgan fingerprint density at radius 3 is 2.90 bits per heavy atom. The largest absolute Gasteiger partial charge is 0.483 e. The molecule has 0 aliphatic rings. The van der Waals surface area contributed by atoms with Gasteiger partial charge in [-0.05, 0) is 23.6 Å². The zero-order valence-corrected chi connectivity index (χ0v) is 11.3. The van der Waals surface area contributed by atoms with Gasteiger partial charge in [-0.15, -0.1) is 11.3 Å². The van der Waals surface area contributed by atoms with Crippen molar-refractivity contribution in [1.82, 2.24) is 0 Å². The van der Waals surface area contributed by atoms with Gasteiger partial charge in [-0.2, -0.15) is 0 Å². The quantitative estimate of drug-likeness (QED) is 0.334. The van der Waals surface area contributed by atoms with Gasteiger partial charge in [0.15, 0.2) is 5.75 Å². The van der Waals surface area contributed by atoms with E-state index >= 15 is 0 Å². The predicted octanol–water partition coefficient (Wildman–Crippen LogP) is 3.17. The lowest BCUT2D eigenvalue weighted by Crippen LogP contribution is -2.13. The van der Waals surface area contributed by atoms with Crippen molar-refractivity contribution in [2.24, 2.45) is 10.9 Å². The van der Waals surface area contributed by atoms with Gasteiger partial charge in [-0.25, -0.2) is 0 Å². The molecule has 0 aliphatic heterocycles. The fraction of sp³-hybridized carbons (Fsp3) is 0.0714. The Balaban J connectivity index is 2.02. The van der Waals surface area contributed by atoms with Crippen LogP contribution < -0.4 is 10.5 Å². The van der Waals surface area contributed by atoms with Crippen molar-refractivity contribution >= 4 is 28.1 Å². The van der Waals surface area contributed by atoms with E-state index in [0.29, 0.717) is 17.9 Å². The molecule has 3 aromatic rings. The van der Waals surface area contributed by atoms with Crippen molar-refractivity contribution < 1.29 is 14.4 Å². The molecule has 0 unspecified atom stereocenters. The molecule has 2 heterocycles. The van der Waals surface area contributed by atoms with Crippen LogP contribution in [0.3, 0.4) is 0 Å². The molecule has 102 valence electrons. The Hall–Kier alpha value is -2.47. The third-order valence-corrected chi connectivity index (χ3v) is 3.68. The highest BCUT2D eigenvalue weighted by Gasteiger charge is 2.19. The molecular weight excluding hydrogens is 276 g/mol. The summed E-state index contributed by atoms with van der Waals surface area (Å²) in [5.74, 6) is 0.622. The molecule has 0 aliphatic carbocycles. The lowest BCUT2D eigenvalue weighted by molar-refractivity contribution is 0.303. The maximum atomic E-state index is 8.84. The first kappa shape index (κ1) is 12.6. The lowest BCUT2D eigenvalue weighted by atomic mass is 10.2. The average Bonchev–Trinajstić information content (AvgIpc) is 3.11. The maximum Gasteiger partial charge on any atom is 0.215 e. The molecule has 0 saturated carbocycles. The Morgan fingerprint density at radius 1 is 1.30 bits per heavy atom. The molecule has 20 heavy (non-hydrogen) atoms. The van der Waals surface area contributed by atoms with E-state index in [1.54, 1.807) is 11.3 Å². The van der Waals surface area contributed by atoms with Gasteiger partial charge in [0.05, 0.1) is 5.39 Å². The van der Waals surface area contributed by atoms with Crippen molar-refractivity contribution in [1.29, 1.82) is 0 Å². The third-order valence-electron chi connectivity index (χ3n) is 2.83. The van der Waals surface area contributed by atoms with E-state index in [2.05, 4.69) is 5.16 Å². The van der Waals surface area contributed by atoms with E-state index in [1.165, 1.54) is 0 Å². The van der Waals surface area contributed by atoms with E-state index in [9.17, 15) is 0 Å². The number of nitrogens with two attached hydrogens (primary N) is 1. The summed E-state index contributed by atoms with van der Waals surface area (Å²) in [6.45, 7) is 0.410. The number of hydrogen-bond donors (Lipinski definition) is 2. The summed E-state index contributed by atoms with van der Waals surface area (Å²) in [6, 6.07) is 11.4.